The summed E-state index contributed by atoms with van der Waals surface area (Å²) in [5, 5.41) is 1.04. The number of benzene rings is 1. The third kappa shape index (κ3) is 3.11. The highest BCUT2D eigenvalue weighted by Crippen LogP contribution is 2.29. The van der Waals surface area contributed by atoms with E-state index in [0.717, 1.165) is 41.5 Å². The van der Waals surface area contributed by atoms with Crippen molar-refractivity contribution in [3.63, 3.8) is 0 Å². The molecule has 0 unspecified atom stereocenters. The number of carbonyl (C=O) groups is 1. The van der Waals surface area contributed by atoms with Crippen molar-refractivity contribution in [3.8, 4) is 5.75 Å². The van der Waals surface area contributed by atoms with Crippen molar-refractivity contribution in [2.24, 2.45) is 0 Å². The van der Waals surface area contributed by atoms with Crippen molar-refractivity contribution in [3.05, 3.63) is 44.9 Å². The first-order valence-electron chi connectivity index (χ1n) is 7.94. The Balaban J connectivity index is 1.83. The van der Waals surface area contributed by atoms with Crippen LogP contribution in [0.4, 0.5) is 0 Å². The molecular formula is C18H22N2O2S. The highest BCUT2D eigenvalue weighted by atomic mass is 32.1. The molecule has 1 aliphatic heterocycles. The number of rotatable bonds is 3. The van der Waals surface area contributed by atoms with E-state index in [9.17, 15) is 4.79 Å². The van der Waals surface area contributed by atoms with E-state index in [1.807, 2.05) is 39.1 Å². The summed E-state index contributed by atoms with van der Waals surface area (Å²) in [5.41, 5.74) is 2.83. The Hall–Kier alpha value is -1.88. The maximum atomic E-state index is 12.8. The minimum atomic E-state index is -0.0419. The molecule has 122 valence electrons. The van der Waals surface area contributed by atoms with Crippen molar-refractivity contribution >= 4 is 17.2 Å². The first-order chi connectivity index (χ1) is 11.0. The smallest absolute Gasteiger partial charge is 0.254 e. The van der Waals surface area contributed by atoms with Crippen molar-refractivity contribution < 1.29 is 9.53 Å². The molecule has 23 heavy (non-hydrogen) atoms. The summed E-state index contributed by atoms with van der Waals surface area (Å²) in [6, 6.07) is 5.70. The third-order valence-electron chi connectivity index (χ3n) is 4.39. The highest BCUT2D eigenvalue weighted by Gasteiger charge is 2.23. The normalized spacial score (nSPS) is 14.8. The Labute approximate surface area is 141 Å². The summed E-state index contributed by atoms with van der Waals surface area (Å²) in [7, 11) is 1.84. The number of fused-ring (bicyclic) bond motifs is 1. The van der Waals surface area contributed by atoms with Gasteiger partial charge in [-0.05, 0) is 57.4 Å². The molecule has 1 atom stereocenters. The van der Waals surface area contributed by atoms with Gasteiger partial charge in [0.2, 0.25) is 0 Å². The molecule has 1 aromatic heterocycles. The number of hydrogen-bond donors (Lipinski definition) is 0. The molecule has 0 bridgehead atoms. The van der Waals surface area contributed by atoms with Crippen LogP contribution in [-0.4, -0.2) is 29.4 Å². The lowest BCUT2D eigenvalue weighted by Gasteiger charge is -2.25. The lowest BCUT2D eigenvalue weighted by Crippen LogP contribution is -2.30. The maximum absolute atomic E-state index is 12.8. The maximum Gasteiger partial charge on any atom is 0.254 e. The Kier molecular flexibility index (Phi) is 4.39. The van der Waals surface area contributed by atoms with E-state index in [2.05, 4.69) is 11.9 Å². The van der Waals surface area contributed by atoms with E-state index in [1.165, 1.54) is 4.88 Å². The van der Waals surface area contributed by atoms with Gasteiger partial charge < -0.3 is 9.64 Å². The largest absolute Gasteiger partial charge is 0.493 e. The van der Waals surface area contributed by atoms with Gasteiger partial charge in [-0.3, -0.25) is 4.79 Å². The molecule has 2 aromatic rings. The number of amides is 1. The Morgan fingerprint density at radius 1 is 1.39 bits per heavy atom. The highest BCUT2D eigenvalue weighted by molar-refractivity contribution is 7.11. The van der Waals surface area contributed by atoms with Crippen LogP contribution in [0.15, 0.2) is 18.2 Å². The second-order valence-corrected chi connectivity index (χ2v) is 7.45. The molecule has 2 heterocycles. The zero-order chi connectivity index (χ0) is 16.6. The Morgan fingerprint density at radius 3 is 2.87 bits per heavy atom. The fourth-order valence-electron chi connectivity index (χ4n) is 2.99. The predicted octanol–water partition coefficient (Wildman–Crippen LogP) is 3.92. The average molecular weight is 330 g/mol. The number of aryl methyl sites for hydroxylation is 3. The quantitative estimate of drug-likeness (QED) is 0.856. The summed E-state index contributed by atoms with van der Waals surface area (Å²) < 4.78 is 5.62. The van der Waals surface area contributed by atoms with Crippen LogP contribution >= 0.6 is 11.3 Å². The molecule has 0 spiro atoms. The molecule has 1 amide bonds. The average Bonchev–Trinajstić information content (AvgIpc) is 2.90. The SMILES string of the molecule is Cc1nc([C@H](C)N(C)C(=O)c2ccc3c(c2)CCCO3)c(C)s1. The zero-order valence-corrected chi connectivity index (χ0v) is 14.9. The lowest BCUT2D eigenvalue weighted by atomic mass is 10.0. The monoisotopic (exact) mass is 330 g/mol. The van der Waals surface area contributed by atoms with E-state index in [1.54, 1.807) is 16.2 Å². The first-order valence-corrected chi connectivity index (χ1v) is 8.76. The molecule has 0 saturated heterocycles. The zero-order valence-electron chi connectivity index (χ0n) is 14.0. The number of thiazole rings is 1. The Morgan fingerprint density at radius 2 is 2.17 bits per heavy atom. The second-order valence-electron chi connectivity index (χ2n) is 6.04. The standard InChI is InChI=1S/C18H22N2O2S/c1-11(17-12(2)23-13(3)19-17)20(4)18(21)15-7-8-16-14(10-15)6-5-9-22-16/h7-8,10-11H,5-6,9H2,1-4H3/t11-/m0/s1. The van der Waals surface area contributed by atoms with Crippen LogP contribution in [0, 0.1) is 13.8 Å². The number of ether oxygens (including phenoxy) is 1. The van der Waals surface area contributed by atoms with Crippen molar-refractivity contribution in [2.75, 3.05) is 13.7 Å². The van der Waals surface area contributed by atoms with Gasteiger partial charge in [0, 0.05) is 17.5 Å². The summed E-state index contributed by atoms with van der Waals surface area (Å²) in [6.45, 7) is 6.85. The van der Waals surface area contributed by atoms with Crippen LogP contribution in [-0.2, 0) is 6.42 Å². The summed E-state index contributed by atoms with van der Waals surface area (Å²) in [6.07, 6.45) is 1.98. The summed E-state index contributed by atoms with van der Waals surface area (Å²) >= 11 is 1.68. The molecule has 0 aliphatic carbocycles. The van der Waals surface area contributed by atoms with Gasteiger partial charge >= 0.3 is 0 Å². The van der Waals surface area contributed by atoms with E-state index in [-0.39, 0.29) is 11.9 Å². The van der Waals surface area contributed by atoms with E-state index >= 15 is 0 Å². The van der Waals surface area contributed by atoms with Gasteiger partial charge in [-0.2, -0.15) is 0 Å². The van der Waals surface area contributed by atoms with Gasteiger partial charge in [0.05, 0.1) is 23.4 Å². The molecule has 0 fully saturated rings. The Bertz CT molecular complexity index is 739. The van der Waals surface area contributed by atoms with Crippen LogP contribution in [0.25, 0.3) is 0 Å². The predicted molar refractivity (Wildman–Crippen MR) is 92.4 cm³/mol. The van der Waals surface area contributed by atoms with Crippen molar-refractivity contribution in [1.82, 2.24) is 9.88 Å². The molecule has 1 aliphatic rings. The van der Waals surface area contributed by atoms with Crippen LogP contribution in [0.3, 0.4) is 0 Å². The fourth-order valence-corrected chi connectivity index (χ4v) is 3.90. The van der Waals surface area contributed by atoms with Crippen LogP contribution in [0.2, 0.25) is 0 Å². The molecule has 5 heteroatoms. The second kappa shape index (κ2) is 6.32. The topological polar surface area (TPSA) is 42.4 Å². The third-order valence-corrected chi connectivity index (χ3v) is 5.29. The lowest BCUT2D eigenvalue weighted by molar-refractivity contribution is 0.0739. The van der Waals surface area contributed by atoms with Gasteiger partial charge in [0.15, 0.2) is 0 Å². The van der Waals surface area contributed by atoms with Crippen molar-refractivity contribution in [2.45, 2.75) is 39.7 Å². The van der Waals surface area contributed by atoms with Gasteiger partial charge in [-0.25, -0.2) is 4.98 Å². The van der Waals surface area contributed by atoms with Crippen LogP contribution in [0.1, 0.15) is 50.9 Å². The molecule has 4 nitrogen and oxygen atoms in total. The molecule has 0 N–H and O–H groups in total. The molecule has 3 rings (SSSR count). The van der Waals surface area contributed by atoms with Crippen molar-refractivity contribution in [1.29, 1.82) is 0 Å². The number of aromatic nitrogens is 1. The molecule has 0 saturated carbocycles. The van der Waals surface area contributed by atoms with Gasteiger partial charge in [-0.1, -0.05) is 0 Å². The first kappa shape index (κ1) is 16.0. The number of nitrogens with zero attached hydrogens (tertiary/aromatic N) is 2. The minimum absolute atomic E-state index is 0.0240. The van der Waals surface area contributed by atoms with Gasteiger partial charge in [0.1, 0.15) is 5.75 Å². The van der Waals surface area contributed by atoms with Crippen LogP contribution < -0.4 is 4.74 Å². The summed E-state index contributed by atoms with van der Waals surface area (Å²) in [4.78, 5) is 20.4. The van der Waals surface area contributed by atoms with Gasteiger partial charge in [0.25, 0.3) is 5.91 Å². The molecule has 1 aromatic carbocycles. The minimum Gasteiger partial charge on any atom is -0.493 e. The van der Waals surface area contributed by atoms with E-state index < -0.39 is 0 Å². The van der Waals surface area contributed by atoms with E-state index in [0.29, 0.717) is 5.56 Å². The number of carbonyl (C=O) groups excluding carboxylic acids is 1. The fraction of sp³-hybridized carbons (Fsp3) is 0.444. The number of hydrogen-bond acceptors (Lipinski definition) is 4. The van der Waals surface area contributed by atoms with Gasteiger partial charge in [-0.15, -0.1) is 11.3 Å². The molecular weight excluding hydrogens is 308 g/mol. The summed E-state index contributed by atoms with van der Waals surface area (Å²) in [5.74, 6) is 0.936. The van der Waals surface area contributed by atoms with E-state index in [4.69, 9.17) is 4.74 Å². The van der Waals surface area contributed by atoms with Crippen LogP contribution in [0.5, 0.6) is 5.75 Å². The molecule has 0 radical (unpaired) electrons.